The van der Waals surface area contributed by atoms with Crippen LogP contribution >= 0.6 is 15.9 Å². The maximum atomic E-state index is 12.5. The molecule has 2 fully saturated rings. The molecule has 0 bridgehead atoms. The SMILES string of the molecule is COc1ccc(Br)c(CC2CCN(CCCC3CCN(C(=O)C(F)(F)F)CC3)CC2)c1. The lowest BCUT2D eigenvalue weighted by molar-refractivity contribution is -0.186. The molecule has 2 aliphatic rings. The third-order valence-electron chi connectivity index (χ3n) is 6.70. The number of nitrogens with zero attached hydrogens (tertiary/aromatic N) is 2. The summed E-state index contributed by atoms with van der Waals surface area (Å²) in [5, 5.41) is 0. The zero-order valence-corrected chi connectivity index (χ0v) is 19.7. The molecule has 1 aromatic carbocycles. The van der Waals surface area contributed by atoms with Crippen LogP contribution in [0.25, 0.3) is 0 Å². The molecule has 1 aromatic rings. The highest BCUT2D eigenvalue weighted by molar-refractivity contribution is 9.10. The lowest BCUT2D eigenvalue weighted by Gasteiger charge is -2.34. The van der Waals surface area contributed by atoms with E-state index in [0.717, 1.165) is 54.0 Å². The van der Waals surface area contributed by atoms with Crippen molar-refractivity contribution in [1.82, 2.24) is 9.80 Å². The molecule has 2 saturated heterocycles. The number of alkyl halides is 3. The van der Waals surface area contributed by atoms with E-state index in [1.807, 2.05) is 12.1 Å². The molecule has 0 N–H and O–H groups in total. The summed E-state index contributed by atoms with van der Waals surface area (Å²) in [5.74, 6) is 0.314. The van der Waals surface area contributed by atoms with E-state index in [1.54, 1.807) is 7.11 Å². The van der Waals surface area contributed by atoms with Crippen LogP contribution < -0.4 is 4.74 Å². The normalized spacial score (nSPS) is 19.6. The van der Waals surface area contributed by atoms with Crippen LogP contribution in [0.1, 0.15) is 44.1 Å². The van der Waals surface area contributed by atoms with Crippen LogP contribution in [0.2, 0.25) is 0 Å². The predicted octanol–water partition coefficient (Wildman–Crippen LogP) is 5.29. The van der Waals surface area contributed by atoms with Gasteiger partial charge in [0.1, 0.15) is 5.75 Å². The minimum atomic E-state index is -4.75. The molecule has 8 heteroatoms. The average molecular weight is 505 g/mol. The quantitative estimate of drug-likeness (QED) is 0.505. The number of carbonyl (C=O) groups excluding carboxylic acids is 1. The van der Waals surface area contributed by atoms with E-state index in [0.29, 0.717) is 24.7 Å². The molecule has 0 aliphatic carbocycles. The van der Waals surface area contributed by atoms with Gasteiger partial charge < -0.3 is 14.5 Å². The molecule has 2 aliphatic heterocycles. The summed E-state index contributed by atoms with van der Waals surface area (Å²) in [6.45, 7) is 3.72. The summed E-state index contributed by atoms with van der Waals surface area (Å²) in [5.41, 5.74) is 1.30. The molecule has 0 spiro atoms. The van der Waals surface area contributed by atoms with E-state index in [9.17, 15) is 18.0 Å². The largest absolute Gasteiger partial charge is 0.497 e. The van der Waals surface area contributed by atoms with E-state index >= 15 is 0 Å². The van der Waals surface area contributed by atoms with Crippen LogP contribution in [-0.4, -0.2) is 61.7 Å². The number of methoxy groups -OCH3 is 1. The summed E-state index contributed by atoms with van der Waals surface area (Å²) in [6.07, 6.45) is 2.14. The molecule has 4 nitrogen and oxygen atoms in total. The van der Waals surface area contributed by atoms with Crippen LogP contribution in [0, 0.1) is 11.8 Å². The number of hydrogen-bond donors (Lipinski definition) is 0. The Hall–Kier alpha value is -1.28. The van der Waals surface area contributed by atoms with Gasteiger partial charge in [0.05, 0.1) is 7.11 Å². The number of amides is 1. The molecular weight excluding hydrogens is 473 g/mol. The van der Waals surface area contributed by atoms with Gasteiger partial charge in [-0.05, 0) is 100 Å². The van der Waals surface area contributed by atoms with Gasteiger partial charge in [-0.2, -0.15) is 13.2 Å². The van der Waals surface area contributed by atoms with Gasteiger partial charge in [0.25, 0.3) is 0 Å². The first-order valence-corrected chi connectivity index (χ1v) is 12.0. The van der Waals surface area contributed by atoms with Crippen LogP contribution in [0.5, 0.6) is 5.75 Å². The van der Waals surface area contributed by atoms with Crippen molar-refractivity contribution in [2.45, 2.75) is 51.1 Å². The Morgan fingerprint density at radius 1 is 1.10 bits per heavy atom. The first-order valence-electron chi connectivity index (χ1n) is 11.2. The van der Waals surface area contributed by atoms with Crippen molar-refractivity contribution >= 4 is 21.8 Å². The minimum Gasteiger partial charge on any atom is -0.497 e. The number of carbonyl (C=O) groups is 1. The molecule has 0 saturated carbocycles. The minimum absolute atomic E-state index is 0.230. The number of piperidine rings is 2. The van der Waals surface area contributed by atoms with E-state index < -0.39 is 12.1 Å². The maximum absolute atomic E-state index is 12.5. The highest BCUT2D eigenvalue weighted by Crippen LogP contribution is 2.30. The van der Waals surface area contributed by atoms with Crippen LogP contribution in [0.3, 0.4) is 0 Å². The van der Waals surface area contributed by atoms with E-state index in [2.05, 4.69) is 26.9 Å². The highest BCUT2D eigenvalue weighted by Gasteiger charge is 2.43. The topological polar surface area (TPSA) is 32.8 Å². The van der Waals surface area contributed by atoms with Crippen LogP contribution in [-0.2, 0) is 11.2 Å². The standard InChI is InChI=1S/C23H32BrF3N2O2/c1-31-20-4-5-21(24)19(16-20)15-18-6-11-28(12-7-18)10-2-3-17-8-13-29(14-9-17)22(30)23(25,26)27/h4-5,16-18H,2-3,6-15H2,1H3. The smallest absolute Gasteiger partial charge is 0.471 e. The fourth-order valence-electron chi connectivity index (χ4n) is 4.77. The van der Waals surface area contributed by atoms with Gasteiger partial charge in [-0.15, -0.1) is 0 Å². The molecule has 2 heterocycles. The second-order valence-electron chi connectivity index (χ2n) is 8.82. The first-order chi connectivity index (χ1) is 14.8. The van der Waals surface area contributed by atoms with Gasteiger partial charge in [0.2, 0.25) is 0 Å². The van der Waals surface area contributed by atoms with Crippen molar-refractivity contribution in [3.8, 4) is 5.75 Å². The summed E-state index contributed by atoms with van der Waals surface area (Å²) in [6, 6.07) is 6.13. The summed E-state index contributed by atoms with van der Waals surface area (Å²) in [7, 11) is 1.69. The first kappa shape index (κ1) is 24.4. The van der Waals surface area contributed by atoms with Gasteiger partial charge in [0, 0.05) is 17.6 Å². The molecule has 0 atom stereocenters. The van der Waals surface area contributed by atoms with Crippen molar-refractivity contribution in [3.05, 3.63) is 28.2 Å². The molecule has 31 heavy (non-hydrogen) atoms. The zero-order chi connectivity index (χ0) is 22.4. The highest BCUT2D eigenvalue weighted by atomic mass is 79.9. The predicted molar refractivity (Wildman–Crippen MR) is 118 cm³/mol. The van der Waals surface area contributed by atoms with Crippen molar-refractivity contribution in [2.24, 2.45) is 11.8 Å². The van der Waals surface area contributed by atoms with Crippen LogP contribution in [0.4, 0.5) is 13.2 Å². The van der Waals surface area contributed by atoms with Gasteiger partial charge in [-0.25, -0.2) is 0 Å². The molecule has 174 valence electrons. The van der Waals surface area contributed by atoms with Gasteiger partial charge in [-0.1, -0.05) is 15.9 Å². The Morgan fingerprint density at radius 2 is 1.74 bits per heavy atom. The van der Waals surface area contributed by atoms with Crippen LogP contribution in [0.15, 0.2) is 22.7 Å². The Balaban J connectivity index is 1.32. The summed E-state index contributed by atoms with van der Waals surface area (Å²) < 4.78 is 44.1. The fourth-order valence-corrected chi connectivity index (χ4v) is 5.18. The van der Waals surface area contributed by atoms with Gasteiger partial charge >= 0.3 is 12.1 Å². The summed E-state index contributed by atoms with van der Waals surface area (Å²) in [4.78, 5) is 14.8. The number of ether oxygens (including phenoxy) is 1. The molecule has 0 radical (unpaired) electrons. The van der Waals surface area contributed by atoms with Crippen molar-refractivity contribution in [2.75, 3.05) is 39.8 Å². The number of hydrogen-bond acceptors (Lipinski definition) is 3. The number of benzene rings is 1. The molecule has 1 amide bonds. The number of halogens is 4. The molecule has 0 unspecified atom stereocenters. The fraction of sp³-hybridized carbons (Fsp3) is 0.696. The Bertz CT molecular complexity index is 728. The second-order valence-corrected chi connectivity index (χ2v) is 9.68. The Morgan fingerprint density at radius 3 is 2.35 bits per heavy atom. The maximum Gasteiger partial charge on any atom is 0.471 e. The van der Waals surface area contributed by atoms with Crippen molar-refractivity contribution in [1.29, 1.82) is 0 Å². The Labute approximate surface area is 191 Å². The molecular formula is C23H32BrF3N2O2. The van der Waals surface area contributed by atoms with E-state index in [-0.39, 0.29) is 13.1 Å². The third kappa shape index (κ3) is 7.11. The van der Waals surface area contributed by atoms with E-state index in [1.165, 1.54) is 18.4 Å². The lowest BCUT2D eigenvalue weighted by atomic mass is 9.89. The average Bonchev–Trinajstić information content (AvgIpc) is 2.76. The molecule has 3 rings (SSSR count). The van der Waals surface area contributed by atoms with E-state index in [4.69, 9.17) is 4.74 Å². The lowest BCUT2D eigenvalue weighted by Crippen LogP contribution is -2.45. The second kappa shape index (κ2) is 11.0. The van der Waals surface area contributed by atoms with Crippen molar-refractivity contribution in [3.63, 3.8) is 0 Å². The third-order valence-corrected chi connectivity index (χ3v) is 7.47. The monoisotopic (exact) mass is 504 g/mol. The summed E-state index contributed by atoms with van der Waals surface area (Å²) >= 11 is 3.65. The molecule has 0 aromatic heterocycles. The van der Waals surface area contributed by atoms with Gasteiger partial charge in [0.15, 0.2) is 0 Å². The number of likely N-dealkylation sites (tertiary alicyclic amines) is 2. The Kier molecular flexibility index (Phi) is 8.67. The number of rotatable bonds is 7. The van der Waals surface area contributed by atoms with Crippen molar-refractivity contribution < 1.29 is 22.7 Å². The zero-order valence-electron chi connectivity index (χ0n) is 18.1. The van der Waals surface area contributed by atoms with Gasteiger partial charge in [-0.3, -0.25) is 4.79 Å².